The molecule has 2 N–H and O–H groups in total. The molecule has 0 saturated heterocycles. The van der Waals surface area contributed by atoms with Crippen LogP contribution in [0.15, 0.2) is 24.3 Å². The standard InChI is InChI=1S/C15H20N2O2S/c1-10(18)11-4-3-5-12(8-11)16-15(19)17-13-6-7-14(9-13)20-2/h3-5,8,13-14H,6-7,9H2,1-2H3,(H2,16,17,19). The molecule has 2 atom stereocenters. The lowest BCUT2D eigenvalue weighted by molar-refractivity contribution is 0.101. The third-order valence-electron chi connectivity index (χ3n) is 3.58. The van der Waals surface area contributed by atoms with Gasteiger partial charge in [-0.1, -0.05) is 12.1 Å². The Morgan fingerprint density at radius 1 is 1.30 bits per heavy atom. The third kappa shape index (κ3) is 4.00. The summed E-state index contributed by atoms with van der Waals surface area (Å²) in [6.45, 7) is 1.51. The van der Waals surface area contributed by atoms with Gasteiger partial charge in [-0.25, -0.2) is 4.79 Å². The van der Waals surface area contributed by atoms with Crippen LogP contribution in [0.3, 0.4) is 0 Å². The first-order valence-electron chi connectivity index (χ1n) is 6.80. The quantitative estimate of drug-likeness (QED) is 0.837. The molecule has 1 aliphatic carbocycles. The zero-order valence-corrected chi connectivity index (χ0v) is 12.6. The van der Waals surface area contributed by atoms with Gasteiger partial charge in [0.1, 0.15) is 0 Å². The van der Waals surface area contributed by atoms with Crippen molar-refractivity contribution in [3.63, 3.8) is 0 Å². The van der Waals surface area contributed by atoms with Crippen molar-refractivity contribution in [1.82, 2.24) is 5.32 Å². The van der Waals surface area contributed by atoms with E-state index in [-0.39, 0.29) is 17.9 Å². The van der Waals surface area contributed by atoms with Crippen molar-refractivity contribution in [1.29, 1.82) is 0 Å². The number of nitrogens with one attached hydrogen (secondary N) is 2. The molecule has 0 bridgehead atoms. The van der Waals surface area contributed by atoms with E-state index in [1.54, 1.807) is 24.3 Å². The first-order chi connectivity index (χ1) is 9.58. The number of carbonyl (C=O) groups excluding carboxylic acids is 2. The van der Waals surface area contributed by atoms with Crippen molar-refractivity contribution >= 4 is 29.3 Å². The lowest BCUT2D eigenvalue weighted by Crippen LogP contribution is -2.36. The molecule has 5 heteroatoms. The topological polar surface area (TPSA) is 58.2 Å². The maximum atomic E-state index is 11.9. The van der Waals surface area contributed by atoms with Crippen LogP contribution in [-0.4, -0.2) is 29.4 Å². The third-order valence-corrected chi connectivity index (χ3v) is 4.67. The van der Waals surface area contributed by atoms with Crippen LogP contribution in [0.1, 0.15) is 36.5 Å². The summed E-state index contributed by atoms with van der Waals surface area (Å²) < 4.78 is 0. The number of urea groups is 1. The molecule has 108 valence electrons. The van der Waals surface area contributed by atoms with Crippen LogP contribution in [0, 0.1) is 0 Å². The number of ketones is 1. The smallest absolute Gasteiger partial charge is 0.319 e. The van der Waals surface area contributed by atoms with Crippen molar-refractivity contribution in [3.8, 4) is 0 Å². The number of carbonyl (C=O) groups is 2. The van der Waals surface area contributed by atoms with Gasteiger partial charge in [-0.3, -0.25) is 4.79 Å². The van der Waals surface area contributed by atoms with Crippen LogP contribution >= 0.6 is 11.8 Å². The van der Waals surface area contributed by atoms with Crippen molar-refractivity contribution in [3.05, 3.63) is 29.8 Å². The minimum Gasteiger partial charge on any atom is -0.335 e. The zero-order valence-electron chi connectivity index (χ0n) is 11.8. The van der Waals surface area contributed by atoms with E-state index in [0.717, 1.165) is 19.3 Å². The molecule has 2 amide bonds. The van der Waals surface area contributed by atoms with Crippen molar-refractivity contribution in [2.75, 3.05) is 11.6 Å². The van der Waals surface area contributed by atoms with Crippen LogP contribution in [-0.2, 0) is 0 Å². The van der Waals surface area contributed by atoms with Gasteiger partial charge in [0.15, 0.2) is 5.78 Å². The average molecular weight is 292 g/mol. The largest absolute Gasteiger partial charge is 0.335 e. The van der Waals surface area contributed by atoms with E-state index in [2.05, 4.69) is 16.9 Å². The van der Waals surface area contributed by atoms with Gasteiger partial charge in [0, 0.05) is 22.5 Å². The molecular formula is C15H20N2O2S. The fraction of sp³-hybridized carbons (Fsp3) is 0.467. The summed E-state index contributed by atoms with van der Waals surface area (Å²) in [4.78, 5) is 23.2. The van der Waals surface area contributed by atoms with Gasteiger partial charge in [-0.2, -0.15) is 11.8 Å². The SMILES string of the molecule is CSC1CCC(NC(=O)Nc2cccc(C(C)=O)c2)C1. The van der Waals surface area contributed by atoms with Gasteiger partial charge in [-0.05, 0) is 44.6 Å². The fourth-order valence-corrected chi connectivity index (χ4v) is 3.25. The highest BCUT2D eigenvalue weighted by molar-refractivity contribution is 7.99. The van der Waals surface area contributed by atoms with E-state index in [4.69, 9.17) is 0 Å². The van der Waals surface area contributed by atoms with Crippen LogP contribution in [0.4, 0.5) is 10.5 Å². The van der Waals surface area contributed by atoms with E-state index in [9.17, 15) is 9.59 Å². The second-order valence-corrected chi connectivity index (χ2v) is 6.24. The van der Waals surface area contributed by atoms with Gasteiger partial charge in [0.2, 0.25) is 0 Å². The Bertz CT molecular complexity index is 504. The van der Waals surface area contributed by atoms with E-state index >= 15 is 0 Å². The zero-order chi connectivity index (χ0) is 14.5. The molecule has 20 heavy (non-hydrogen) atoms. The molecule has 1 fully saturated rings. The van der Waals surface area contributed by atoms with E-state index in [1.165, 1.54) is 6.92 Å². The molecule has 0 spiro atoms. The van der Waals surface area contributed by atoms with E-state index < -0.39 is 0 Å². The predicted octanol–water partition coefficient (Wildman–Crippen LogP) is 3.29. The lowest BCUT2D eigenvalue weighted by atomic mass is 10.1. The van der Waals surface area contributed by atoms with Crippen LogP contribution in [0.25, 0.3) is 0 Å². The van der Waals surface area contributed by atoms with Crippen LogP contribution in [0.2, 0.25) is 0 Å². The lowest BCUT2D eigenvalue weighted by Gasteiger charge is -2.14. The molecule has 0 radical (unpaired) electrons. The Morgan fingerprint density at radius 3 is 2.75 bits per heavy atom. The Labute approximate surface area is 123 Å². The minimum absolute atomic E-state index is 0.00679. The average Bonchev–Trinajstić information content (AvgIpc) is 2.86. The van der Waals surface area contributed by atoms with E-state index in [0.29, 0.717) is 16.5 Å². The molecule has 0 heterocycles. The molecule has 4 nitrogen and oxygen atoms in total. The summed E-state index contributed by atoms with van der Waals surface area (Å²) in [6.07, 6.45) is 5.33. The monoisotopic (exact) mass is 292 g/mol. The van der Waals surface area contributed by atoms with Gasteiger partial charge in [0.05, 0.1) is 0 Å². The van der Waals surface area contributed by atoms with Gasteiger partial charge < -0.3 is 10.6 Å². The second-order valence-electron chi connectivity index (χ2n) is 5.10. The molecule has 2 unspecified atom stereocenters. The number of thioether (sulfide) groups is 1. The number of hydrogen-bond donors (Lipinski definition) is 2. The van der Waals surface area contributed by atoms with Crippen molar-refractivity contribution < 1.29 is 9.59 Å². The maximum absolute atomic E-state index is 11.9. The highest BCUT2D eigenvalue weighted by Gasteiger charge is 2.25. The summed E-state index contributed by atoms with van der Waals surface area (Å²) in [5.41, 5.74) is 1.25. The number of anilines is 1. The summed E-state index contributed by atoms with van der Waals surface area (Å²) in [5, 5.41) is 6.43. The summed E-state index contributed by atoms with van der Waals surface area (Å²) in [7, 11) is 0. The van der Waals surface area contributed by atoms with Crippen molar-refractivity contribution in [2.45, 2.75) is 37.5 Å². The minimum atomic E-state index is -0.197. The van der Waals surface area contributed by atoms with Crippen molar-refractivity contribution in [2.24, 2.45) is 0 Å². The summed E-state index contributed by atoms with van der Waals surface area (Å²) in [6, 6.07) is 7.05. The number of rotatable bonds is 4. The Morgan fingerprint density at radius 2 is 2.10 bits per heavy atom. The normalized spacial score (nSPS) is 21.5. The van der Waals surface area contributed by atoms with E-state index in [1.807, 2.05) is 11.8 Å². The van der Waals surface area contributed by atoms with Gasteiger partial charge in [-0.15, -0.1) is 0 Å². The number of amides is 2. The Kier molecular flexibility index (Phi) is 5.06. The molecule has 1 saturated carbocycles. The molecule has 2 rings (SSSR count). The number of Topliss-reactive ketones (excluding diaryl/α,β-unsaturated/α-hetero) is 1. The summed E-state index contributed by atoms with van der Waals surface area (Å²) in [5.74, 6) is -0.00679. The second kappa shape index (κ2) is 6.79. The molecular weight excluding hydrogens is 272 g/mol. The van der Waals surface area contributed by atoms with Gasteiger partial charge in [0.25, 0.3) is 0 Å². The highest BCUT2D eigenvalue weighted by Crippen LogP contribution is 2.28. The first kappa shape index (κ1) is 14.9. The summed E-state index contributed by atoms with van der Waals surface area (Å²) >= 11 is 1.86. The van der Waals surface area contributed by atoms with Gasteiger partial charge >= 0.3 is 6.03 Å². The molecule has 1 aromatic carbocycles. The molecule has 1 aliphatic rings. The van der Waals surface area contributed by atoms with Crippen LogP contribution in [0.5, 0.6) is 0 Å². The number of hydrogen-bond acceptors (Lipinski definition) is 3. The number of benzene rings is 1. The fourth-order valence-electron chi connectivity index (χ4n) is 2.45. The molecule has 0 aromatic heterocycles. The first-order valence-corrected chi connectivity index (χ1v) is 8.08. The highest BCUT2D eigenvalue weighted by atomic mass is 32.2. The maximum Gasteiger partial charge on any atom is 0.319 e. The Hall–Kier alpha value is -1.49. The van der Waals surface area contributed by atoms with Crippen LogP contribution < -0.4 is 10.6 Å². The Balaban J connectivity index is 1.88. The molecule has 0 aliphatic heterocycles. The predicted molar refractivity (Wildman–Crippen MR) is 83.5 cm³/mol. The molecule has 1 aromatic rings.